The molecule has 1 aliphatic carbocycles. The number of hydrogen-bond donors (Lipinski definition) is 1. The molecule has 110 valence electrons. The number of anilines is 1. The van der Waals surface area contributed by atoms with Crippen LogP contribution in [0.25, 0.3) is 0 Å². The van der Waals surface area contributed by atoms with Gasteiger partial charge < -0.3 is 10.2 Å². The van der Waals surface area contributed by atoms with Crippen LogP contribution < -0.4 is 5.32 Å². The van der Waals surface area contributed by atoms with E-state index in [4.69, 9.17) is 5.26 Å². The molecule has 0 spiro atoms. The van der Waals surface area contributed by atoms with E-state index in [1.54, 1.807) is 6.07 Å². The lowest BCUT2D eigenvalue weighted by molar-refractivity contribution is -0.384. The molecule has 3 rings (SSSR count). The smallest absolute Gasteiger partial charge is 0.270 e. The van der Waals surface area contributed by atoms with Crippen molar-refractivity contribution in [2.75, 3.05) is 18.4 Å². The molecule has 0 atom stereocenters. The molecule has 1 aromatic carbocycles. The SMILES string of the molecule is N#Cc1cc([N+](=O)[O-])ccc1NC1CCN(C2CC2)CC1. The van der Waals surface area contributed by atoms with Crippen LogP contribution in [0, 0.1) is 21.4 Å². The molecule has 21 heavy (non-hydrogen) atoms. The summed E-state index contributed by atoms with van der Waals surface area (Å²) in [5, 5.41) is 23.3. The second kappa shape index (κ2) is 5.70. The third kappa shape index (κ3) is 3.14. The topological polar surface area (TPSA) is 82.2 Å². The van der Waals surface area contributed by atoms with Crippen LogP contribution in [-0.4, -0.2) is 35.0 Å². The highest BCUT2D eigenvalue weighted by Crippen LogP contribution is 2.30. The van der Waals surface area contributed by atoms with E-state index in [2.05, 4.69) is 10.2 Å². The molecule has 6 heteroatoms. The van der Waals surface area contributed by atoms with Crippen LogP contribution >= 0.6 is 0 Å². The largest absolute Gasteiger partial charge is 0.381 e. The van der Waals surface area contributed by atoms with Crippen molar-refractivity contribution in [1.82, 2.24) is 4.90 Å². The molecule has 1 aromatic rings. The fourth-order valence-corrected chi connectivity index (χ4v) is 2.93. The molecule has 0 bridgehead atoms. The van der Waals surface area contributed by atoms with Gasteiger partial charge in [-0.1, -0.05) is 0 Å². The Hall–Kier alpha value is -2.13. The number of rotatable bonds is 4. The molecule has 2 fully saturated rings. The predicted octanol–water partition coefficient (Wildman–Crippen LogP) is 2.51. The van der Waals surface area contributed by atoms with Crippen molar-refractivity contribution in [2.45, 2.75) is 37.8 Å². The Morgan fingerprint density at radius 2 is 2.00 bits per heavy atom. The van der Waals surface area contributed by atoms with Gasteiger partial charge in [0.15, 0.2) is 0 Å². The van der Waals surface area contributed by atoms with E-state index < -0.39 is 4.92 Å². The summed E-state index contributed by atoms with van der Waals surface area (Å²) in [5.41, 5.74) is 1.00. The normalized spacial score (nSPS) is 20.0. The Bertz CT molecular complexity index is 584. The molecule has 0 unspecified atom stereocenters. The van der Waals surface area contributed by atoms with Crippen LogP contribution in [0.15, 0.2) is 18.2 Å². The summed E-state index contributed by atoms with van der Waals surface area (Å²) in [6.07, 6.45) is 4.77. The Balaban J connectivity index is 1.65. The van der Waals surface area contributed by atoms with Crippen LogP contribution in [0.4, 0.5) is 11.4 Å². The molecular weight excluding hydrogens is 268 g/mol. The van der Waals surface area contributed by atoms with Gasteiger partial charge in [-0.2, -0.15) is 5.26 Å². The van der Waals surface area contributed by atoms with Gasteiger partial charge in [0.05, 0.1) is 16.2 Å². The van der Waals surface area contributed by atoms with Gasteiger partial charge in [0, 0.05) is 37.3 Å². The predicted molar refractivity (Wildman–Crippen MR) is 79.1 cm³/mol. The number of non-ortho nitro benzene ring substituents is 1. The van der Waals surface area contributed by atoms with Crippen LogP contribution in [0.2, 0.25) is 0 Å². The van der Waals surface area contributed by atoms with Gasteiger partial charge in [-0.25, -0.2) is 0 Å². The molecule has 1 saturated carbocycles. The van der Waals surface area contributed by atoms with Crippen LogP contribution in [-0.2, 0) is 0 Å². The van der Waals surface area contributed by atoms with E-state index in [0.717, 1.165) is 32.0 Å². The first kappa shape index (κ1) is 13.8. The van der Waals surface area contributed by atoms with Crippen molar-refractivity contribution >= 4 is 11.4 Å². The standard InChI is InChI=1S/C15H18N4O2/c16-10-11-9-14(19(20)21)3-4-15(11)17-12-5-7-18(8-6-12)13-1-2-13/h3-4,9,12-13,17H,1-2,5-8H2. The Morgan fingerprint density at radius 3 is 2.57 bits per heavy atom. The first-order valence-corrected chi connectivity index (χ1v) is 7.36. The zero-order valence-electron chi connectivity index (χ0n) is 11.8. The third-order valence-corrected chi connectivity index (χ3v) is 4.29. The van der Waals surface area contributed by atoms with Gasteiger partial charge in [-0.05, 0) is 31.7 Å². The van der Waals surface area contributed by atoms with E-state index >= 15 is 0 Å². The van der Waals surface area contributed by atoms with E-state index in [0.29, 0.717) is 17.3 Å². The highest BCUT2D eigenvalue weighted by Gasteiger charge is 2.31. The van der Waals surface area contributed by atoms with E-state index in [9.17, 15) is 10.1 Å². The molecular formula is C15H18N4O2. The van der Waals surface area contributed by atoms with Gasteiger partial charge >= 0.3 is 0 Å². The van der Waals surface area contributed by atoms with Crippen molar-refractivity contribution in [3.63, 3.8) is 0 Å². The first-order valence-electron chi connectivity index (χ1n) is 7.36. The number of piperidine rings is 1. The summed E-state index contributed by atoms with van der Waals surface area (Å²) < 4.78 is 0. The maximum Gasteiger partial charge on any atom is 0.270 e. The summed E-state index contributed by atoms with van der Waals surface area (Å²) in [7, 11) is 0. The minimum atomic E-state index is -0.473. The number of benzene rings is 1. The number of nitro benzene ring substituents is 1. The zero-order chi connectivity index (χ0) is 14.8. The number of hydrogen-bond acceptors (Lipinski definition) is 5. The summed E-state index contributed by atoms with van der Waals surface area (Å²) in [6, 6.07) is 7.61. The minimum Gasteiger partial charge on any atom is -0.381 e. The fraction of sp³-hybridized carbons (Fsp3) is 0.533. The van der Waals surface area contributed by atoms with Crippen molar-refractivity contribution in [2.24, 2.45) is 0 Å². The molecule has 1 N–H and O–H groups in total. The van der Waals surface area contributed by atoms with E-state index in [-0.39, 0.29) is 5.69 Å². The summed E-state index contributed by atoms with van der Waals surface area (Å²) in [5.74, 6) is 0. The highest BCUT2D eigenvalue weighted by molar-refractivity contribution is 5.61. The van der Waals surface area contributed by atoms with Crippen molar-refractivity contribution in [1.29, 1.82) is 5.26 Å². The molecule has 6 nitrogen and oxygen atoms in total. The average Bonchev–Trinajstić information content (AvgIpc) is 3.33. The lowest BCUT2D eigenvalue weighted by atomic mass is 10.0. The second-order valence-electron chi connectivity index (χ2n) is 5.78. The maximum absolute atomic E-state index is 10.7. The highest BCUT2D eigenvalue weighted by atomic mass is 16.6. The van der Waals surface area contributed by atoms with Crippen molar-refractivity contribution < 1.29 is 4.92 Å². The number of likely N-dealkylation sites (tertiary alicyclic amines) is 1. The number of nitrogens with zero attached hydrogens (tertiary/aromatic N) is 3. The number of nitrogens with one attached hydrogen (secondary N) is 1. The third-order valence-electron chi connectivity index (χ3n) is 4.29. The Labute approximate surface area is 123 Å². The number of nitro groups is 1. The second-order valence-corrected chi connectivity index (χ2v) is 5.78. The fourth-order valence-electron chi connectivity index (χ4n) is 2.93. The van der Waals surface area contributed by atoms with Gasteiger partial charge in [-0.3, -0.25) is 10.1 Å². The van der Waals surface area contributed by atoms with Crippen molar-refractivity contribution in [3.8, 4) is 6.07 Å². The number of nitriles is 1. The lowest BCUT2D eigenvalue weighted by Crippen LogP contribution is -2.40. The lowest BCUT2D eigenvalue weighted by Gasteiger charge is -2.33. The Morgan fingerprint density at radius 1 is 1.29 bits per heavy atom. The molecule has 0 amide bonds. The van der Waals surface area contributed by atoms with E-state index in [1.807, 2.05) is 6.07 Å². The van der Waals surface area contributed by atoms with Gasteiger partial charge in [0.1, 0.15) is 6.07 Å². The molecule has 0 aromatic heterocycles. The first-order chi connectivity index (χ1) is 10.2. The summed E-state index contributed by atoms with van der Waals surface area (Å²) >= 11 is 0. The molecule has 1 heterocycles. The average molecular weight is 286 g/mol. The van der Waals surface area contributed by atoms with Gasteiger partial charge in [0.25, 0.3) is 5.69 Å². The maximum atomic E-state index is 10.7. The molecule has 1 saturated heterocycles. The zero-order valence-corrected chi connectivity index (χ0v) is 11.8. The minimum absolute atomic E-state index is 0.0411. The van der Waals surface area contributed by atoms with Crippen molar-refractivity contribution in [3.05, 3.63) is 33.9 Å². The summed E-state index contributed by atoms with van der Waals surface area (Å²) in [4.78, 5) is 12.8. The van der Waals surface area contributed by atoms with Crippen LogP contribution in [0.5, 0.6) is 0 Å². The molecule has 2 aliphatic rings. The van der Waals surface area contributed by atoms with Gasteiger partial charge in [0.2, 0.25) is 0 Å². The quantitative estimate of drug-likeness (QED) is 0.679. The van der Waals surface area contributed by atoms with E-state index in [1.165, 1.54) is 25.0 Å². The van der Waals surface area contributed by atoms with Crippen LogP contribution in [0.3, 0.4) is 0 Å². The monoisotopic (exact) mass is 286 g/mol. The van der Waals surface area contributed by atoms with Gasteiger partial charge in [-0.15, -0.1) is 0 Å². The molecule has 1 aliphatic heterocycles. The summed E-state index contributed by atoms with van der Waals surface area (Å²) in [6.45, 7) is 2.19. The van der Waals surface area contributed by atoms with Crippen LogP contribution in [0.1, 0.15) is 31.2 Å². The Kier molecular flexibility index (Phi) is 3.76. The molecule has 0 radical (unpaired) electrons.